The van der Waals surface area contributed by atoms with E-state index < -0.39 is 0 Å². The molecule has 1 aliphatic carbocycles. The Morgan fingerprint density at radius 3 is 2.57 bits per heavy atom. The Hall–Kier alpha value is -0.150. The molecule has 1 unspecified atom stereocenters. The average Bonchev–Trinajstić information content (AvgIpc) is 2.55. The van der Waals surface area contributed by atoms with Gasteiger partial charge in [-0.05, 0) is 40.8 Å². The zero-order chi connectivity index (χ0) is 10.5. The third-order valence-corrected chi connectivity index (χ3v) is 4.82. The molecule has 0 spiro atoms. The zero-order valence-electron chi connectivity index (χ0n) is 8.56. The SMILES string of the molecule is Cc1cc(Br)c(C(=O)C2CC2(C)C)s1. The second-order valence-electron chi connectivity index (χ2n) is 4.64. The molecule has 1 aromatic heterocycles. The van der Waals surface area contributed by atoms with Crippen LogP contribution in [-0.2, 0) is 0 Å². The molecule has 3 heteroatoms. The highest BCUT2D eigenvalue weighted by Gasteiger charge is 2.51. The van der Waals surface area contributed by atoms with E-state index in [0.717, 1.165) is 15.8 Å². The molecule has 1 heterocycles. The van der Waals surface area contributed by atoms with Crippen LogP contribution in [-0.4, -0.2) is 5.78 Å². The lowest BCUT2D eigenvalue weighted by Gasteiger charge is -2.00. The molecule has 0 N–H and O–H groups in total. The van der Waals surface area contributed by atoms with Crippen LogP contribution in [0.25, 0.3) is 0 Å². The van der Waals surface area contributed by atoms with Crippen molar-refractivity contribution >= 4 is 33.0 Å². The highest BCUT2D eigenvalue weighted by Crippen LogP contribution is 2.54. The van der Waals surface area contributed by atoms with Gasteiger partial charge in [-0.1, -0.05) is 13.8 Å². The van der Waals surface area contributed by atoms with Crippen LogP contribution < -0.4 is 0 Å². The molecule has 1 aliphatic rings. The van der Waals surface area contributed by atoms with E-state index in [0.29, 0.717) is 5.78 Å². The van der Waals surface area contributed by atoms with Crippen molar-refractivity contribution in [2.24, 2.45) is 11.3 Å². The van der Waals surface area contributed by atoms with Gasteiger partial charge in [-0.15, -0.1) is 11.3 Å². The number of carbonyl (C=O) groups excluding carboxylic acids is 1. The van der Waals surface area contributed by atoms with Gasteiger partial charge in [-0.2, -0.15) is 0 Å². The third kappa shape index (κ3) is 1.68. The maximum Gasteiger partial charge on any atom is 0.177 e. The minimum Gasteiger partial charge on any atom is -0.293 e. The van der Waals surface area contributed by atoms with Crippen LogP contribution in [0.4, 0.5) is 0 Å². The molecule has 0 aliphatic heterocycles. The van der Waals surface area contributed by atoms with E-state index in [1.54, 1.807) is 11.3 Å². The molecule has 1 nitrogen and oxygen atoms in total. The topological polar surface area (TPSA) is 17.1 Å². The molecule has 14 heavy (non-hydrogen) atoms. The van der Waals surface area contributed by atoms with Crippen LogP contribution >= 0.6 is 27.3 Å². The number of rotatable bonds is 2. The van der Waals surface area contributed by atoms with Gasteiger partial charge in [0, 0.05) is 15.3 Å². The predicted molar refractivity (Wildman–Crippen MR) is 63.0 cm³/mol. The van der Waals surface area contributed by atoms with E-state index >= 15 is 0 Å². The summed E-state index contributed by atoms with van der Waals surface area (Å²) in [5, 5.41) is 0. The first-order chi connectivity index (χ1) is 6.42. The van der Waals surface area contributed by atoms with E-state index in [4.69, 9.17) is 0 Å². The molecule has 1 atom stereocenters. The number of Topliss-reactive ketones (excluding diaryl/α,β-unsaturated/α-hetero) is 1. The largest absolute Gasteiger partial charge is 0.293 e. The first kappa shape index (κ1) is 10.4. The number of carbonyl (C=O) groups is 1. The molecule has 1 fully saturated rings. The van der Waals surface area contributed by atoms with Crippen LogP contribution in [0.2, 0.25) is 0 Å². The average molecular weight is 273 g/mol. The summed E-state index contributed by atoms with van der Waals surface area (Å²) >= 11 is 5.04. The summed E-state index contributed by atoms with van der Waals surface area (Å²) in [5.41, 5.74) is 0.231. The molecule has 2 rings (SSSR count). The van der Waals surface area contributed by atoms with Gasteiger partial charge in [-0.25, -0.2) is 0 Å². The molecular weight excluding hydrogens is 260 g/mol. The van der Waals surface area contributed by atoms with Crippen LogP contribution in [0.15, 0.2) is 10.5 Å². The highest BCUT2D eigenvalue weighted by atomic mass is 79.9. The minimum atomic E-state index is 0.231. The summed E-state index contributed by atoms with van der Waals surface area (Å²) in [5.74, 6) is 0.567. The minimum absolute atomic E-state index is 0.231. The monoisotopic (exact) mass is 272 g/mol. The van der Waals surface area contributed by atoms with Crippen molar-refractivity contribution in [1.29, 1.82) is 0 Å². The maximum absolute atomic E-state index is 12.0. The summed E-state index contributed by atoms with van der Waals surface area (Å²) < 4.78 is 0.965. The van der Waals surface area contributed by atoms with E-state index in [1.807, 2.05) is 13.0 Å². The van der Waals surface area contributed by atoms with E-state index in [2.05, 4.69) is 29.8 Å². The molecule has 0 saturated heterocycles. The Kier molecular flexibility index (Phi) is 2.35. The number of ketones is 1. The Bertz CT molecular complexity index is 392. The lowest BCUT2D eigenvalue weighted by molar-refractivity contribution is 0.0956. The molecule has 0 amide bonds. The summed E-state index contributed by atoms with van der Waals surface area (Å²) in [6.45, 7) is 6.35. The van der Waals surface area contributed by atoms with Crippen LogP contribution in [0, 0.1) is 18.3 Å². The molecule has 1 saturated carbocycles. The first-order valence-electron chi connectivity index (χ1n) is 4.72. The van der Waals surface area contributed by atoms with Gasteiger partial charge >= 0.3 is 0 Å². The normalized spacial score (nSPS) is 23.6. The van der Waals surface area contributed by atoms with Crippen LogP contribution in [0.5, 0.6) is 0 Å². The van der Waals surface area contributed by atoms with Crippen LogP contribution in [0.3, 0.4) is 0 Å². The summed E-state index contributed by atoms with van der Waals surface area (Å²) in [4.78, 5) is 14.1. The van der Waals surface area contributed by atoms with Crippen molar-refractivity contribution in [1.82, 2.24) is 0 Å². The summed E-state index contributed by atoms with van der Waals surface area (Å²) in [6.07, 6.45) is 1.04. The van der Waals surface area contributed by atoms with Crippen molar-refractivity contribution in [2.45, 2.75) is 27.2 Å². The van der Waals surface area contributed by atoms with E-state index in [9.17, 15) is 4.79 Å². The summed E-state index contributed by atoms with van der Waals surface area (Å²) in [6, 6.07) is 2.02. The summed E-state index contributed by atoms with van der Waals surface area (Å²) in [7, 11) is 0. The number of halogens is 1. The second-order valence-corrected chi connectivity index (χ2v) is 6.75. The van der Waals surface area contributed by atoms with Crippen molar-refractivity contribution < 1.29 is 4.79 Å². The Labute approximate surface area is 96.6 Å². The molecule has 76 valence electrons. The highest BCUT2D eigenvalue weighted by molar-refractivity contribution is 9.10. The Morgan fingerprint density at radius 2 is 2.21 bits per heavy atom. The standard InChI is InChI=1S/C11H13BrOS/c1-6-4-8(12)10(14-6)9(13)7-5-11(7,2)3/h4,7H,5H2,1-3H3. The molecular formula is C11H13BrOS. The number of hydrogen-bond acceptors (Lipinski definition) is 2. The number of aryl methyl sites for hydroxylation is 1. The number of hydrogen-bond donors (Lipinski definition) is 0. The van der Waals surface area contributed by atoms with Gasteiger partial charge in [0.15, 0.2) is 5.78 Å². The van der Waals surface area contributed by atoms with Crippen molar-refractivity contribution in [3.05, 3.63) is 20.3 Å². The van der Waals surface area contributed by atoms with E-state index in [1.165, 1.54) is 4.88 Å². The fourth-order valence-electron chi connectivity index (χ4n) is 1.72. The fourth-order valence-corrected chi connectivity index (χ4v) is 3.56. The van der Waals surface area contributed by atoms with Gasteiger partial charge in [0.2, 0.25) is 0 Å². The molecule has 1 aromatic rings. The molecule has 0 aromatic carbocycles. The van der Waals surface area contributed by atoms with E-state index in [-0.39, 0.29) is 11.3 Å². The van der Waals surface area contributed by atoms with Crippen molar-refractivity contribution in [2.75, 3.05) is 0 Å². The zero-order valence-corrected chi connectivity index (χ0v) is 11.0. The van der Waals surface area contributed by atoms with Crippen LogP contribution in [0.1, 0.15) is 34.8 Å². The smallest absolute Gasteiger partial charge is 0.177 e. The third-order valence-electron chi connectivity index (χ3n) is 2.86. The first-order valence-corrected chi connectivity index (χ1v) is 6.33. The van der Waals surface area contributed by atoms with Crippen molar-refractivity contribution in [3.63, 3.8) is 0 Å². The van der Waals surface area contributed by atoms with Gasteiger partial charge < -0.3 is 0 Å². The second kappa shape index (κ2) is 3.17. The number of thiophene rings is 1. The lowest BCUT2D eigenvalue weighted by Crippen LogP contribution is -2.04. The Morgan fingerprint density at radius 1 is 1.64 bits per heavy atom. The van der Waals surface area contributed by atoms with Gasteiger partial charge in [0.1, 0.15) is 0 Å². The molecule has 0 radical (unpaired) electrons. The Balaban J connectivity index is 2.25. The maximum atomic E-state index is 12.0. The van der Waals surface area contributed by atoms with Crippen molar-refractivity contribution in [3.8, 4) is 0 Å². The lowest BCUT2D eigenvalue weighted by atomic mass is 10.1. The van der Waals surface area contributed by atoms with Gasteiger partial charge in [-0.3, -0.25) is 4.79 Å². The van der Waals surface area contributed by atoms with Gasteiger partial charge in [0.25, 0.3) is 0 Å². The van der Waals surface area contributed by atoms with Gasteiger partial charge in [0.05, 0.1) is 4.88 Å². The quantitative estimate of drug-likeness (QED) is 0.743. The fraction of sp³-hybridized carbons (Fsp3) is 0.545. The molecule has 0 bridgehead atoms. The predicted octanol–water partition coefficient (Wildman–Crippen LogP) is 4.05.